The second-order valence-corrected chi connectivity index (χ2v) is 5.62. The Kier molecular flexibility index (Phi) is 3.47. The van der Waals surface area contributed by atoms with E-state index in [9.17, 15) is 9.90 Å². The molecular formula is C16H15ClN2O2. The Morgan fingerprint density at radius 2 is 2.10 bits per heavy atom. The maximum Gasteiger partial charge on any atom is 0.255 e. The van der Waals surface area contributed by atoms with Crippen molar-refractivity contribution >= 4 is 23.2 Å². The van der Waals surface area contributed by atoms with Crippen molar-refractivity contribution in [1.82, 2.24) is 5.32 Å². The molecular weight excluding hydrogens is 288 g/mol. The highest BCUT2D eigenvalue weighted by Crippen LogP contribution is 2.33. The fourth-order valence-corrected chi connectivity index (χ4v) is 2.89. The van der Waals surface area contributed by atoms with Crippen molar-refractivity contribution < 1.29 is 9.90 Å². The Hall–Kier alpha value is -2.20. The molecule has 0 bridgehead atoms. The molecule has 0 heterocycles. The molecule has 0 aliphatic heterocycles. The van der Waals surface area contributed by atoms with E-state index in [0.717, 1.165) is 24.1 Å². The van der Waals surface area contributed by atoms with Crippen LogP contribution in [0.4, 0.5) is 5.69 Å². The Balaban J connectivity index is 1.81. The highest BCUT2D eigenvalue weighted by molar-refractivity contribution is 6.30. The van der Waals surface area contributed by atoms with E-state index in [0.29, 0.717) is 5.02 Å². The molecule has 3 rings (SSSR count). The number of rotatable bonds is 2. The first-order chi connectivity index (χ1) is 10.0. The molecule has 1 amide bonds. The van der Waals surface area contributed by atoms with Gasteiger partial charge in [-0.25, -0.2) is 0 Å². The normalized spacial score (nSPS) is 16.5. The minimum absolute atomic E-state index is 0.0526. The quantitative estimate of drug-likeness (QED) is 0.746. The van der Waals surface area contributed by atoms with Crippen molar-refractivity contribution in [3.05, 3.63) is 58.1 Å². The molecule has 0 saturated heterocycles. The molecule has 4 nitrogen and oxygen atoms in total. The summed E-state index contributed by atoms with van der Waals surface area (Å²) in [6.07, 6.45) is 1.72. The number of carbonyl (C=O) groups excluding carboxylic acids is 1. The summed E-state index contributed by atoms with van der Waals surface area (Å²) in [5.41, 5.74) is 8.98. The van der Waals surface area contributed by atoms with Crippen LogP contribution in [-0.2, 0) is 6.42 Å². The van der Waals surface area contributed by atoms with Gasteiger partial charge in [0.15, 0.2) is 0 Å². The number of hydrogen-bond acceptors (Lipinski definition) is 3. The zero-order valence-corrected chi connectivity index (χ0v) is 12.0. The van der Waals surface area contributed by atoms with Gasteiger partial charge in [0.05, 0.1) is 11.6 Å². The van der Waals surface area contributed by atoms with E-state index < -0.39 is 0 Å². The van der Waals surface area contributed by atoms with Crippen molar-refractivity contribution in [3.8, 4) is 5.75 Å². The molecule has 1 atom stereocenters. The third-order valence-electron chi connectivity index (χ3n) is 3.75. The molecule has 2 aromatic carbocycles. The first kappa shape index (κ1) is 13.8. The monoisotopic (exact) mass is 302 g/mol. The maximum absolute atomic E-state index is 12.3. The van der Waals surface area contributed by atoms with Crippen LogP contribution < -0.4 is 11.1 Å². The summed E-state index contributed by atoms with van der Waals surface area (Å²) in [5.74, 6) is -0.422. The smallest absolute Gasteiger partial charge is 0.255 e. The van der Waals surface area contributed by atoms with E-state index in [1.807, 2.05) is 18.2 Å². The molecule has 0 aromatic heterocycles. The predicted molar refractivity (Wildman–Crippen MR) is 82.5 cm³/mol. The van der Waals surface area contributed by atoms with Crippen LogP contribution in [0.2, 0.25) is 5.02 Å². The largest absolute Gasteiger partial charge is 0.507 e. The molecule has 2 aromatic rings. The molecule has 0 fully saturated rings. The lowest BCUT2D eigenvalue weighted by Gasteiger charge is -2.15. The number of nitrogens with one attached hydrogen (secondary N) is 1. The molecule has 1 unspecified atom stereocenters. The van der Waals surface area contributed by atoms with Crippen molar-refractivity contribution in [2.24, 2.45) is 0 Å². The number of benzene rings is 2. The summed E-state index contributed by atoms with van der Waals surface area (Å²) in [5, 5.41) is 13.1. The third-order valence-corrected chi connectivity index (χ3v) is 3.99. The Morgan fingerprint density at radius 3 is 2.86 bits per heavy atom. The number of phenolic OH excluding ortho intramolecular Hbond substituents is 1. The number of aromatic hydroxyl groups is 1. The number of phenols is 1. The molecule has 1 aliphatic rings. The lowest BCUT2D eigenvalue weighted by Crippen LogP contribution is -2.27. The van der Waals surface area contributed by atoms with Crippen molar-refractivity contribution in [1.29, 1.82) is 0 Å². The zero-order chi connectivity index (χ0) is 15.0. The molecule has 1 aliphatic carbocycles. The van der Waals surface area contributed by atoms with Gasteiger partial charge in [-0.15, -0.1) is 0 Å². The molecule has 0 radical (unpaired) electrons. The number of halogens is 1. The summed E-state index contributed by atoms with van der Waals surface area (Å²) >= 11 is 5.77. The van der Waals surface area contributed by atoms with Crippen LogP contribution in [0.25, 0.3) is 0 Å². The Labute approximate surface area is 127 Å². The average Bonchev–Trinajstić information content (AvgIpc) is 2.80. The second kappa shape index (κ2) is 5.30. The first-order valence-corrected chi connectivity index (χ1v) is 7.10. The van der Waals surface area contributed by atoms with Crippen LogP contribution in [0.1, 0.15) is 33.9 Å². The van der Waals surface area contributed by atoms with Crippen molar-refractivity contribution in [3.63, 3.8) is 0 Å². The summed E-state index contributed by atoms with van der Waals surface area (Å²) < 4.78 is 0. The van der Waals surface area contributed by atoms with Gasteiger partial charge in [0.2, 0.25) is 0 Å². The number of fused-ring (bicyclic) bond motifs is 1. The van der Waals surface area contributed by atoms with Crippen molar-refractivity contribution in [2.75, 3.05) is 5.73 Å². The predicted octanol–water partition coefficient (Wildman–Crippen LogP) is 3.05. The third kappa shape index (κ3) is 2.67. The highest BCUT2D eigenvalue weighted by atomic mass is 35.5. The van der Waals surface area contributed by atoms with Gasteiger partial charge < -0.3 is 16.2 Å². The minimum atomic E-state index is -0.307. The Bertz CT molecular complexity index is 715. The fourth-order valence-electron chi connectivity index (χ4n) is 2.72. The molecule has 0 saturated carbocycles. The lowest BCUT2D eigenvalue weighted by atomic mass is 10.1. The average molecular weight is 303 g/mol. The Morgan fingerprint density at radius 1 is 1.29 bits per heavy atom. The van der Waals surface area contributed by atoms with Gasteiger partial charge in [0.1, 0.15) is 5.75 Å². The van der Waals surface area contributed by atoms with Crippen LogP contribution >= 0.6 is 11.6 Å². The highest BCUT2D eigenvalue weighted by Gasteiger charge is 2.25. The standard InChI is InChI=1S/C16H15ClN2O2/c17-10-2-4-13(15(20)8-10)16(21)19-14-6-1-9-7-11(18)3-5-12(9)14/h2-5,7-8,14,20H,1,6,18H2,(H,19,21). The second-order valence-electron chi connectivity index (χ2n) is 5.18. The molecule has 21 heavy (non-hydrogen) atoms. The molecule has 4 N–H and O–H groups in total. The number of hydrogen-bond donors (Lipinski definition) is 3. The van der Waals surface area contributed by atoms with Gasteiger partial charge in [-0.1, -0.05) is 17.7 Å². The number of nitrogen functional groups attached to an aromatic ring is 1. The van der Waals surface area contributed by atoms with Crippen LogP contribution in [-0.4, -0.2) is 11.0 Å². The summed E-state index contributed by atoms with van der Waals surface area (Å²) in [6.45, 7) is 0. The van der Waals surface area contributed by atoms with Gasteiger partial charge >= 0.3 is 0 Å². The fraction of sp³-hybridized carbons (Fsp3) is 0.188. The summed E-state index contributed by atoms with van der Waals surface area (Å²) in [6, 6.07) is 10.1. The van der Waals surface area contributed by atoms with E-state index in [-0.39, 0.29) is 23.3 Å². The summed E-state index contributed by atoms with van der Waals surface area (Å²) in [4.78, 5) is 12.3. The van der Waals surface area contributed by atoms with E-state index in [4.69, 9.17) is 17.3 Å². The lowest BCUT2D eigenvalue weighted by molar-refractivity contribution is 0.0934. The number of carbonyl (C=O) groups is 1. The van der Waals surface area contributed by atoms with Gasteiger partial charge in [-0.05, 0) is 54.3 Å². The van der Waals surface area contributed by atoms with Crippen LogP contribution in [0.3, 0.4) is 0 Å². The maximum atomic E-state index is 12.3. The molecule has 5 heteroatoms. The van der Waals surface area contributed by atoms with Gasteiger partial charge in [0, 0.05) is 10.7 Å². The van der Waals surface area contributed by atoms with Crippen LogP contribution in [0, 0.1) is 0 Å². The van der Waals surface area contributed by atoms with Crippen LogP contribution in [0.15, 0.2) is 36.4 Å². The SMILES string of the molecule is Nc1ccc2c(c1)CCC2NC(=O)c1ccc(Cl)cc1O. The minimum Gasteiger partial charge on any atom is -0.507 e. The van der Waals surface area contributed by atoms with E-state index in [1.54, 1.807) is 6.07 Å². The number of anilines is 1. The summed E-state index contributed by atoms with van der Waals surface area (Å²) in [7, 11) is 0. The number of aryl methyl sites for hydroxylation is 1. The van der Waals surface area contributed by atoms with Crippen LogP contribution in [0.5, 0.6) is 5.75 Å². The zero-order valence-electron chi connectivity index (χ0n) is 11.3. The van der Waals surface area contributed by atoms with Gasteiger partial charge in [-0.3, -0.25) is 4.79 Å². The van der Waals surface area contributed by atoms with Gasteiger partial charge in [0.25, 0.3) is 5.91 Å². The van der Waals surface area contributed by atoms with E-state index in [2.05, 4.69) is 5.32 Å². The number of amides is 1. The van der Waals surface area contributed by atoms with Gasteiger partial charge in [-0.2, -0.15) is 0 Å². The topological polar surface area (TPSA) is 75.3 Å². The van der Waals surface area contributed by atoms with Crippen molar-refractivity contribution in [2.45, 2.75) is 18.9 Å². The first-order valence-electron chi connectivity index (χ1n) is 6.72. The number of nitrogens with two attached hydrogens (primary N) is 1. The molecule has 0 spiro atoms. The van der Waals surface area contributed by atoms with E-state index in [1.165, 1.54) is 17.7 Å². The van der Waals surface area contributed by atoms with E-state index >= 15 is 0 Å². The molecule has 108 valence electrons.